The zero-order valence-electron chi connectivity index (χ0n) is 21.3. The van der Waals surface area contributed by atoms with Gasteiger partial charge in [0.15, 0.2) is 0 Å². The molecule has 36 heavy (non-hydrogen) atoms. The van der Waals surface area contributed by atoms with E-state index in [1.165, 1.54) is 37.9 Å². The average Bonchev–Trinajstić information content (AvgIpc) is 2.90. The predicted octanol–water partition coefficient (Wildman–Crippen LogP) is 6.33. The fraction of sp³-hybridized carbons (Fsp3) is 0.643. The van der Waals surface area contributed by atoms with Crippen molar-refractivity contribution >= 4 is 40.2 Å². The van der Waals surface area contributed by atoms with Crippen molar-refractivity contribution in [1.29, 1.82) is 0 Å². The number of rotatable bonds is 11. The van der Waals surface area contributed by atoms with Gasteiger partial charge in [-0.1, -0.05) is 30.9 Å². The number of piperidine rings is 1. The Hall–Kier alpha value is -1.54. The third-order valence-electron chi connectivity index (χ3n) is 8.09. The number of likely N-dealkylation sites (tertiary alicyclic amines) is 1. The Kier molecular flexibility index (Phi) is 9.78. The van der Waals surface area contributed by atoms with Crippen molar-refractivity contribution in [2.24, 2.45) is 5.41 Å². The largest absolute Gasteiger partial charge is 0.497 e. The predicted molar refractivity (Wildman–Crippen MR) is 147 cm³/mol. The molecule has 1 saturated heterocycles. The Bertz CT molecular complexity index is 1020. The molecule has 0 amide bonds. The topological polar surface area (TPSA) is 82.9 Å². The zero-order chi connectivity index (χ0) is 25.5. The van der Waals surface area contributed by atoms with Gasteiger partial charge in [0, 0.05) is 22.4 Å². The number of hydrogen-bond acceptors (Lipinski definition) is 6. The smallest absolute Gasteiger partial charge is 0.309 e. The number of carbonyl (C=O) groups is 1. The van der Waals surface area contributed by atoms with Gasteiger partial charge in [-0.15, -0.1) is 0 Å². The number of benzene rings is 1. The molecular formula is C28H39ClN2O4S. The Balaban J connectivity index is 1.32. The van der Waals surface area contributed by atoms with Crippen molar-refractivity contribution in [2.75, 3.05) is 32.5 Å². The van der Waals surface area contributed by atoms with Crippen LogP contribution in [0.2, 0.25) is 5.02 Å². The van der Waals surface area contributed by atoms with Gasteiger partial charge in [-0.3, -0.25) is 9.78 Å². The van der Waals surface area contributed by atoms with Gasteiger partial charge in [-0.2, -0.15) is 11.8 Å². The van der Waals surface area contributed by atoms with Crippen LogP contribution in [-0.2, 0) is 4.79 Å². The second-order valence-electron chi connectivity index (χ2n) is 10.4. The number of methoxy groups -OCH3 is 1. The van der Waals surface area contributed by atoms with Gasteiger partial charge in [0.05, 0.1) is 29.2 Å². The van der Waals surface area contributed by atoms with E-state index in [0.717, 1.165) is 42.2 Å². The first kappa shape index (κ1) is 27.5. The third-order valence-corrected chi connectivity index (χ3v) is 9.86. The van der Waals surface area contributed by atoms with Crippen LogP contribution in [-0.4, -0.2) is 63.8 Å². The standard InChI is InChI=1S/C28H39ClN2O4S/c1-35-20-8-9-24-22(18-20)26(23(29)19-30-24)25(32)10-11-28(27(33)34)12-15-31(16-13-28)14-5-17-36-21-6-3-2-4-7-21/h8-9,18-19,21,25,32H,2-7,10-17H2,1H3,(H,33,34)/t25-/m1/s1. The van der Waals surface area contributed by atoms with Crippen LogP contribution in [0.4, 0.5) is 0 Å². The molecule has 6 nitrogen and oxygen atoms in total. The first-order valence-electron chi connectivity index (χ1n) is 13.3. The number of carboxylic acids is 1. The molecule has 2 N–H and O–H groups in total. The van der Waals surface area contributed by atoms with Crippen molar-refractivity contribution in [1.82, 2.24) is 9.88 Å². The number of aromatic nitrogens is 1. The molecule has 1 aromatic carbocycles. The first-order valence-corrected chi connectivity index (χ1v) is 14.7. The van der Waals surface area contributed by atoms with Crippen molar-refractivity contribution in [3.05, 3.63) is 35.0 Å². The number of halogens is 1. The van der Waals surface area contributed by atoms with Gasteiger partial charge in [-0.25, -0.2) is 0 Å². The molecule has 1 aliphatic heterocycles. The van der Waals surface area contributed by atoms with Crippen molar-refractivity contribution in [2.45, 2.75) is 75.6 Å². The van der Waals surface area contributed by atoms with E-state index in [9.17, 15) is 15.0 Å². The van der Waals surface area contributed by atoms with Crippen molar-refractivity contribution < 1.29 is 19.7 Å². The molecule has 1 saturated carbocycles. The minimum atomic E-state index is -0.874. The summed E-state index contributed by atoms with van der Waals surface area (Å²) in [4.78, 5) is 19.1. The molecule has 0 radical (unpaired) electrons. The molecule has 1 aromatic heterocycles. The van der Waals surface area contributed by atoms with Crippen LogP contribution >= 0.6 is 23.4 Å². The minimum Gasteiger partial charge on any atom is -0.497 e. The summed E-state index contributed by atoms with van der Waals surface area (Å²) < 4.78 is 5.34. The summed E-state index contributed by atoms with van der Waals surface area (Å²) in [7, 11) is 1.59. The summed E-state index contributed by atoms with van der Waals surface area (Å²) in [6.07, 6.45) is 10.7. The number of aliphatic carboxylic acids is 1. The SMILES string of the molecule is COc1ccc2ncc(Cl)c([C@H](O)CCC3(C(=O)O)CCN(CCCSC4CCCCC4)CC3)c2c1. The van der Waals surface area contributed by atoms with Gasteiger partial charge < -0.3 is 19.8 Å². The van der Waals surface area contributed by atoms with Gasteiger partial charge >= 0.3 is 5.97 Å². The summed E-state index contributed by atoms with van der Waals surface area (Å²) in [6, 6.07) is 5.48. The van der Waals surface area contributed by atoms with E-state index < -0.39 is 17.5 Å². The van der Waals surface area contributed by atoms with Gasteiger partial charge in [0.1, 0.15) is 5.75 Å². The average molecular weight is 535 g/mol. The number of ether oxygens (including phenoxy) is 1. The fourth-order valence-corrected chi connectivity index (χ4v) is 7.31. The zero-order valence-corrected chi connectivity index (χ0v) is 22.8. The molecule has 198 valence electrons. The lowest BCUT2D eigenvalue weighted by Crippen LogP contribution is -2.44. The molecule has 4 rings (SSSR count). The summed E-state index contributed by atoms with van der Waals surface area (Å²) in [5.41, 5.74) is 0.507. The lowest BCUT2D eigenvalue weighted by molar-refractivity contribution is -0.153. The van der Waals surface area contributed by atoms with Gasteiger partial charge in [-0.05, 0) is 88.5 Å². The number of carboxylic acid groups (broad SMARTS) is 1. The first-order chi connectivity index (χ1) is 17.4. The van der Waals surface area contributed by atoms with E-state index >= 15 is 0 Å². The number of aliphatic hydroxyl groups is 1. The maximum Gasteiger partial charge on any atom is 0.309 e. The van der Waals surface area contributed by atoms with E-state index in [4.69, 9.17) is 16.3 Å². The number of fused-ring (bicyclic) bond motifs is 1. The highest BCUT2D eigenvalue weighted by atomic mass is 35.5. The van der Waals surface area contributed by atoms with Gasteiger partial charge in [0.2, 0.25) is 0 Å². The number of hydrogen-bond donors (Lipinski definition) is 2. The molecule has 2 aliphatic rings. The molecule has 0 unspecified atom stereocenters. The quantitative estimate of drug-likeness (QED) is 0.326. The van der Waals surface area contributed by atoms with Crippen LogP contribution in [0, 0.1) is 5.41 Å². The van der Waals surface area contributed by atoms with Crippen LogP contribution in [0.5, 0.6) is 5.75 Å². The normalized spacial score (nSPS) is 19.9. The Labute approximate surface area is 223 Å². The third kappa shape index (κ3) is 6.66. The highest BCUT2D eigenvalue weighted by Crippen LogP contribution is 2.41. The van der Waals surface area contributed by atoms with E-state index in [2.05, 4.69) is 21.6 Å². The van der Waals surface area contributed by atoms with E-state index in [1.54, 1.807) is 13.3 Å². The second-order valence-corrected chi connectivity index (χ2v) is 12.2. The summed E-state index contributed by atoms with van der Waals surface area (Å²) in [5.74, 6) is 1.10. The van der Waals surface area contributed by atoms with E-state index in [1.807, 2.05) is 18.2 Å². The highest BCUT2D eigenvalue weighted by Gasteiger charge is 2.41. The van der Waals surface area contributed by atoms with E-state index in [0.29, 0.717) is 42.0 Å². The maximum atomic E-state index is 12.4. The molecule has 2 heterocycles. The molecule has 2 fully saturated rings. The Morgan fingerprint density at radius 2 is 2.03 bits per heavy atom. The molecule has 0 bridgehead atoms. The molecule has 2 aromatic rings. The lowest BCUT2D eigenvalue weighted by atomic mass is 9.74. The van der Waals surface area contributed by atoms with Crippen LogP contribution in [0.1, 0.15) is 75.9 Å². The molecular weight excluding hydrogens is 496 g/mol. The van der Waals surface area contributed by atoms with E-state index in [-0.39, 0.29) is 0 Å². The van der Waals surface area contributed by atoms with Crippen LogP contribution in [0.15, 0.2) is 24.4 Å². The second kappa shape index (κ2) is 12.8. The number of aliphatic hydroxyl groups excluding tert-OH is 1. The Morgan fingerprint density at radius 1 is 1.28 bits per heavy atom. The van der Waals surface area contributed by atoms with Crippen LogP contribution < -0.4 is 4.74 Å². The van der Waals surface area contributed by atoms with Gasteiger partial charge in [0.25, 0.3) is 0 Å². The highest BCUT2D eigenvalue weighted by molar-refractivity contribution is 7.99. The molecule has 1 aliphatic carbocycles. The molecule has 8 heteroatoms. The lowest BCUT2D eigenvalue weighted by Gasteiger charge is -2.39. The molecule has 1 atom stereocenters. The number of thioether (sulfide) groups is 1. The summed E-state index contributed by atoms with van der Waals surface area (Å²) in [6.45, 7) is 2.64. The maximum absolute atomic E-state index is 12.4. The summed E-state index contributed by atoms with van der Waals surface area (Å²) in [5, 5.41) is 23.3. The van der Waals surface area contributed by atoms with Crippen molar-refractivity contribution in [3.8, 4) is 5.75 Å². The van der Waals surface area contributed by atoms with Crippen LogP contribution in [0.25, 0.3) is 10.9 Å². The minimum absolute atomic E-state index is 0.334. The molecule has 0 spiro atoms. The number of pyridine rings is 1. The Morgan fingerprint density at radius 3 is 2.72 bits per heavy atom. The summed E-state index contributed by atoms with van der Waals surface area (Å²) >= 11 is 8.59. The van der Waals surface area contributed by atoms with Crippen LogP contribution in [0.3, 0.4) is 0 Å². The number of nitrogens with zero attached hydrogens (tertiary/aromatic N) is 2. The monoisotopic (exact) mass is 534 g/mol. The van der Waals surface area contributed by atoms with Crippen molar-refractivity contribution in [3.63, 3.8) is 0 Å². The fourth-order valence-electron chi connectivity index (χ4n) is 5.74.